The summed E-state index contributed by atoms with van der Waals surface area (Å²) >= 11 is 0. The molecule has 316 valence electrons. The summed E-state index contributed by atoms with van der Waals surface area (Å²) in [5.41, 5.74) is 9.23. The number of aromatic nitrogens is 5. The molecule has 2 aliphatic heterocycles. The number of benzene rings is 3. The number of hydrogen-bond acceptors (Lipinski definition) is 11. The fraction of sp³-hybridized carbons (Fsp3) is 0.370. The summed E-state index contributed by atoms with van der Waals surface area (Å²) in [6.45, 7) is 14.9. The van der Waals surface area contributed by atoms with Gasteiger partial charge in [-0.05, 0) is 104 Å². The maximum Gasteiger partial charge on any atom is 0.328 e. The predicted molar refractivity (Wildman–Crippen MR) is 237 cm³/mol. The number of aryl methyl sites for hydroxylation is 1. The van der Waals surface area contributed by atoms with Crippen LogP contribution in [0, 0.1) is 12.8 Å². The van der Waals surface area contributed by atoms with Crippen LogP contribution in [0.1, 0.15) is 80.6 Å². The van der Waals surface area contributed by atoms with Crippen molar-refractivity contribution >= 4 is 45.9 Å². The highest BCUT2D eigenvalue weighted by atomic mass is 16.5. The number of nitrogens with one attached hydrogen (secondary N) is 5. The molecule has 5 heterocycles. The number of aromatic amines is 1. The zero-order valence-corrected chi connectivity index (χ0v) is 35.3. The van der Waals surface area contributed by atoms with Crippen LogP contribution >= 0.6 is 0 Å². The zero-order valence-electron chi connectivity index (χ0n) is 35.3. The van der Waals surface area contributed by atoms with Gasteiger partial charge in [-0.1, -0.05) is 50.2 Å². The molecule has 8 rings (SSSR count). The van der Waals surface area contributed by atoms with E-state index in [0.717, 1.165) is 107 Å². The van der Waals surface area contributed by atoms with Crippen LogP contribution in [-0.4, -0.2) is 82.2 Å². The molecular formula is C46H53N11O4. The average Bonchev–Trinajstić information content (AvgIpc) is 3.94. The van der Waals surface area contributed by atoms with Crippen molar-refractivity contribution in [1.82, 2.24) is 41.0 Å². The molecule has 0 radical (unpaired) electrons. The Morgan fingerprint density at radius 3 is 2.36 bits per heavy atom. The molecule has 3 aromatic heterocycles. The summed E-state index contributed by atoms with van der Waals surface area (Å²) in [4.78, 5) is 57.6. The van der Waals surface area contributed by atoms with Gasteiger partial charge in [-0.15, -0.1) is 0 Å². The Balaban J connectivity index is 0.796. The van der Waals surface area contributed by atoms with Gasteiger partial charge in [0.05, 0.1) is 11.7 Å². The van der Waals surface area contributed by atoms with Gasteiger partial charge in [-0.25, -0.2) is 14.8 Å². The van der Waals surface area contributed by atoms with E-state index in [9.17, 15) is 14.4 Å². The molecule has 1 atom stereocenters. The Hall–Kier alpha value is -6.61. The van der Waals surface area contributed by atoms with E-state index >= 15 is 0 Å². The minimum atomic E-state index is -0.386. The average molecular weight is 824 g/mol. The summed E-state index contributed by atoms with van der Waals surface area (Å²) in [5.74, 6) is 0.455. The number of rotatable bonds is 13. The van der Waals surface area contributed by atoms with Crippen molar-refractivity contribution in [3.05, 3.63) is 102 Å². The third-order valence-corrected chi connectivity index (χ3v) is 11.5. The number of nitrogens with zero attached hydrogens (tertiary/aromatic N) is 6. The summed E-state index contributed by atoms with van der Waals surface area (Å²) in [7, 11) is 0. The number of carbonyl (C=O) groups is 3. The number of piperidine rings is 1. The number of imide groups is 1. The van der Waals surface area contributed by atoms with Crippen molar-refractivity contribution in [3.63, 3.8) is 0 Å². The van der Waals surface area contributed by atoms with Gasteiger partial charge in [-0.3, -0.25) is 19.8 Å². The van der Waals surface area contributed by atoms with Crippen LogP contribution in [0.25, 0.3) is 33.5 Å². The fourth-order valence-electron chi connectivity index (χ4n) is 8.01. The summed E-state index contributed by atoms with van der Waals surface area (Å²) in [6, 6.07) is 24.1. The highest BCUT2D eigenvalue weighted by Gasteiger charge is 2.27. The second-order valence-corrected chi connectivity index (χ2v) is 17.0. The molecule has 61 heavy (non-hydrogen) atoms. The van der Waals surface area contributed by atoms with E-state index in [1.165, 1.54) is 0 Å². The number of anilines is 3. The predicted octanol–water partition coefficient (Wildman–Crippen LogP) is 7.14. The minimum absolute atomic E-state index is 0.0200. The maximum atomic E-state index is 12.9. The highest BCUT2D eigenvalue weighted by Crippen LogP contribution is 2.33. The smallest absolute Gasteiger partial charge is 0.328 e. The maximum absolute atomic E-state index is 12.9. The second-order valence-electron chi connectivity index (χ2n) is 17.0. The molecule has 5 N–H and O–H groups in total. The zero-order chi connectivity index (χ0) is 42.7. The lowest BCUT2D eigenvalue weighted by Gasteiger charge is -2.34. The molecule has 0 bridgehead atoms. The number of urea groups is 1. The van der Waals surface area contributed by atoms with Gasteiger partial charge in [0.2, 0.25) is 11.8 Å². The van der Waals surface area contributed by atoms with E-state index in [2.05, 4.69) is 99.8 Å². The molecule has 3 aromatic carbocycles. The number of H-pyrrole nitrogens is 1. The van der Waals surface area contributed by atoms with E-state index in [0.29, 0.717) is 24.8 Å². The Morgan fingerprint density at radius 2 is 1.66 bits per heavy atom. The normalized spacial score (nSPS) is 15.6. The first kappa shape index (κ1) is 41.1. The fourth-order valence-corrected chi connectivity index (χ4v) is 8.01. The molecule has 0 saturated carbocycles. The molecule has 15 heteroatoms. The van der Waals surface area contributed by atoms with Crippen molar-refractivity contribution in [2.75, 3.05) is 54.4 Å². The first-order valence-electron chi connectivity index (χ1n) is 21.0. The van der Waals surface area contributed by atoms with E-state index < -0.39 is 0 Å². The Morgan fingerprint density at radius 1 is 0.918 bits per heavy atom. The van der Waals surface area contributed by atoms with Gasteiger partial charge < -0.3 is 30.4 Å². The summed E-state index contributed by atoms with van der Waals surface area (Å²) in [6.07, 6.45) is 4.14. The van der Waals surface area contributed by atoms with Crippen LogP contribution in [0.5, 0.6) is 0 Å². The Bertz CT molecular complexity index is 2520. The monoisotopic (exact) mass is 823 g/mol. The van der Waals surface area contributed by atoms with Gasteiger partial charge >= 0.3 is 6.03 Å². The van der Waals surface area contributed by atoms with E-state index in [-0.39, 0.29) is 35.1 Å². The van der Waals surface area contributed by atoms with Crippen LogP contribution in [0.3, 0.4) is 0 Å². The number of amides is 4. The molecule has 0 aliphatic carbocycles. The van der Waals surface area contributed by atoms with Gasteiger partial charge in [0.15, 0.2) is 0 Å². The van der Waals surface area contributed by atoms with E-state index in [1.807, 2.05) is 58.9 Å². The van der Waals surface area contributed by atoms with Crippen LogP contribution in [0.15, 0.2) is 83.6 Å². The third-order valence-electron chi connectivity index (χ3n) is 11.5. The number of carbonyl (C=O) groups excluding carboxylic acids is 3. The van der Waals surface area contributed by atoms with Crippen molar-refractivity contribution in [2.45, 2.75) is 65.3 Å². The van der Waals surface area contributed by atoms with Gasteiger partial charge in [0.25, 0.3) is 11.7 Å². The van der Waals surface area contributed by atoms with Crippen molar-refractivity contribution in [1.29, 1.82) is 0 Å². The van der Waals surface area contributed by atoms with Gasteiger partial charge in [0.1, 0.15) is 12.0 Å². The molecule has 15 nitrogen and oxygen atoms in total. The lowest BCUT2D eigenvalue weighted by molar-refractivity contribution is -0.120. The van der Waals surface area contributed by atoms with Crippen molar-refractivity contribution < 1.29 is 18.9 Å². The molecular weight excluding hydrogens is 771 g/mol. The number of hydrogen-bond donors (Lipinski definition) is 5. The van der Waals surface area contributed by atoms with Gasteiger partial charge in [-0.2, -0.15) is 4.98 Å². The molecule has 2 aliphatic rings. The van der Waals surface area contributed by atoms with E-state index in [4.69, 9.17) is 4.52 Å². The largest absolute Gasteiger partial charge is 0.384 e. The molecule has 4 amide bonds. The van der Waals surface area contributed by atoms with Crippen LogP contribution in [-0.2, 0) is 10.2 Å². The topological polar surface area (TPSA) is 186 Å². The standard InChI is InChI=1S/C46H53N11O4/c1-28-24-32(8-15-36(28)29(2)51-43(59)42-54-44(61-55-42)46(3,4)5)40-37-25-38(52-41(37)50-27-49-40)31-6-9-33(10-7-31)48-20-19-47-26-30-16-21-56(22-17-30)34-11-13-35(14-12-34)57-23-18-39(58)53-45(57)60/h6-15,24-25,27,29-30,47-48H,16-23,26H2,1-5H3,(H,51,59)(H,49,50,52)(H,53,58,60)/t29-/m1/s1. The lowest BCUT2D eigenvalue weighted by Crippen LogP contribution is -2.49. The molecule has 0 unspecified atom stereocenters. The first-order chi connectivity index (χ1) is 29.4. The Labute approximate surface area is 355 Å². The van der Waals surface area contributed by atoms with Crippen LogP contribution in [0.2, 0.25) is 0 Å². The summed E-state index contributed by atoms with van der Waals surface area (Å²) in [5, 5.41) is 17.4. The summed E-state index contributed by atoms with van der Waals surface area (Å²) < 4.78 is 5.31. The van der Waals surface area contributed by atoms with Crippen molar-refractivity contribution in [2.24, 2.45) is 5.92 Å². The molecule has 2 fully saturated rings. The van der Waals surface area contributed by atoms with Gasteiger partial charge in [0, 0.05) is 78.3 Å². The number of fused-ring (bicyclic) bond motifs is 1. The van der Waals surface area contributed by atoms with E-state index in [1.54, 1.807) is 11.2 Å². The minimum Gasteiger partial charge on any atom is -0.384 e. The first-order valence-corrected chi connectivity index (χ1v) is 21.0. The van der Waals surface area contributed by atoms with Crippen LogP contribution in [0.4, 0.5) is 21.9 Å². The molecule has 2 saturated heterocycles. The molecule has 6 aromatic rings. The van der Waals surface area contributed by atoms with Crippen LogP contribution < -0.4 is 31.1 Å². The molecule has 0 spiro atoms. The van der Waals surface area contributed by atoms with Crippen molar-refractivity contribution in [3.8, 4) is 22.5 Å². The highest BCUT2D eigenvalue weighted by molar-refractivity contribution is 6.05. The lowest BCUT2D eigenvalue weighted by atomic mass is 9.96. The Kier molecular flexibility index (Phi) is 11.8. The SMILES string of the molecule is Cc1cc(-c2ncnc3[nH]c(-c4ccc(NCCNCC5CCN(c6ccc(N7CCC(=O)NC7=O)cc6)CC5)cc4)cc23)ccc1[C@@H](C)NC(=O)c1noc(C(C)(C)C)n1. The second kappa shape index (κ2) is 17.5. The quantitative estimate of drug-likeness (QED) is 0.0746. The third kappa shape index (κ3) is 9.41.